The second-order valence-electron chi connectivity index (χ2n) is 7.87. The molecular formula is C24H33NO. The van der Waals surface area contributed by atoms with Crippen molar-refractivity contribution in [3.63, 3.8) is 0 Å². The van der Waals surface area contributed by atoms with Crippen molar-refractivity contribution in [1.29, 1.82) is 0 Å². The third kappa shape index (κ3) is 3.58. The zero-order valence-corrected chi connectivity index (χ0v) is 16.4. The lowest BCUT2D eigenvalue weighted by molar-refractivity contribution is -0.125. The summed E-state index contributed by atoms with van der Waals surface area (Å²) in [5, 5.41) is 15.9. The summed E-state index contributed by atoms with van der Waals surface area (Å²) >= 11 is 0. The van der Waals surface area contributed by atoms with E-state index in [0.717, 1.165) is 25.7 Å². The summed E-state index contributed by atoms with van der Waals surface area (Å²) in [6.45, 7) is 6.64. The number of rotatable bonds is 6. The fourth-order valence-corrected chi connectivity index (χ4v) is 4.94. The first-order valence-corrected chi connectivity index (χ1v) is 10.2. The number of nitrogens with one attached hydrogen (secondary N) is 1. The van der Waals surface area contributed by atoms with Crippen LogP contribution in [0.1, 0.15) is 69.7 Å². The van der Waals surface area contributed by atoms with Gasteiger partial charge in [0.1, 0.15) is 0 Å². The molecule has 1 aliphatic heterocycles. The molecule has 0 aliphatic carbocycles. The van der Waals surface area contributed by atoms with Crippen molar-refractivity contribution in [3.8, 4) is 0 Å². The van der Waals surface area contributed by atoms with Crippen LogP contribution in [-0.2, 0) is 0 Å². The summed E-state index contributed by atoms with van der Waals surface area (Å²) in [5.74, 6) is 0.395. The number of piperidine rings is 1. The number of hydrogen-bond acceptors (Lipinski definition) is 2. The lowest BCUT2D eigenvalue weighted by Gasteiger charge is -2.53. The van der Waals surface area contributed by atoms with E-state index in [2.05, 4.69) is 86.8 Å². The molecule has 2 N–H and O–H groups in total. The summed E-state index contributed by atoms with van der Waals surface area (Å²) in [4.78, 5) is 0. The molecule has 0 radical (unpaired) electrons. The Balaban J connectivity index is 2.06. The molecule has 0 bridgehead atoms. The Bertz CT molecular complexity index is 671. The Morgan fingerprint density at radius 1 is 0.846 bits per heavy atom. The molecule has 0 spiro atoms. The molecule has 5 atom stereocenters. The van der Waals surface area contributed by atoms with Crippen molar-refractivity contribution in [1.82, 2.24) is 5.32 Å². The molecule has 0 saturated carbocycles. The molecule has 1 aliphatic rings. The number of hydrogen-bond donors (Lipinski definition) is 2. The summed E-state index contributed by atoms with van der Waals surface area (Å²) < 4.78 is 0. The standard InChI is InChI=1S/C24H33NO/c1-4-12-21-23(20-15-10-7-11-16-20)25-22(19-13-8-6-9-14-19)18(3)24(21,26)17-5-2/h6-11,13-16,18,21-23,25-26H,4-5,12,17H2,1-3H3/t18-,21-,22-,23+,24-/m0/s1. The molecule has 1 saturated heterocycles. The molecule has 2 heteroatoms. The maximum absolute atomic E-state index is 12.0. The SMILES string of the molecule is CCC[C@H]1[C@@H](c2ccccc2)N[C@H](c2ccccc2)[C@H](C)[C@@]1(O)CCC. The Kier molecular flexibility index (Phi) is 6.16. The van der Waals surface area contributed by atoms with Crippen molar-refractivity contribution in [2.24, 2.45) is 11.8 Å². The summed E-state index contributed by atoms with van der Waals surface area (Å²) in [5.41, 5.74) is 1.90. The molecule has 0 unspecified atom stereocenters. The van der Waals surface area contributed by atoms with Gasteiger partial charge in [0.25, 0.3) is 0 Å². The van der Waals surface area contributed by atoms with Crippen molar-refractivity contribution in [2.45, 2.75) is 64.1 Å². The van der Waals surface area contributed by atoms with Crippen LogP contribution in [0.5, 0.6) is 0 Å². The Morgan fingerprint density at radius 2 is 1.38 bits per heavy atom. The fourth-order valence-electron chi connectivity index (χ4n) is 4.94. The monoisotopic (exact) mass is 351 g/mol. The van der Waals surface area contributed by atoms with Gasteiger partial charge in [-0.3, -0.25) is 0 Å². The Hall–Kier alpha value is -1.64. The van der Waals surface area contributed by atoms with Crippen molar-refractivity contribution in [2.75, 3.05) is 0 Å². The van der Waals surface area contributed by atoms with Crippen LogP contribution in [-0.4, -0.2) is 10.7 Å². The highest BCUT2D eigenvalue weighted by molar-refractivity contribution is 5.28. The Labute approximate surface area is 158 Å². The van der Waals surface area contributed by atoms with Crippen LogP contribution in [0, 0.1) is 11.8 Å². The molecule has 2 nitrogen and oxygen atoms in total. The molecule has 2 aromatic carbocycles. The zero-order valence-electron chi connectivity index (χ0n) is 16.4. The number of benzene rings is 2. The van der Waals surface area contributed by atoms with Crippen LogP contribution in [0.3, 0.4) is 0 Å². The van der Waals surface area contributed by atoms with E-state index >= 15 is 0 Å². The molecule has 0 aromatic heterocycles. The van der Waals surface area contributed by atoms with Gasteiger partial charge in [0, 0.05) is 23.9 Å². The van der Waals surface area contributed by atoms with Crippen LogP contribution in [0.25, 0.3) is 0 Å². The van der Waals surface area contributed by atoms with Gasteiger partial charge in [0.05, 0.1) is 5.60 Å². The predicted molar refractivity (Wildman–Crippen MR) is 109 cm³/mol. The van der Waals surface area contributed by atoms with Crippen LogP contribution < -0.4 is 5.32 Å². The van der Waals surface area contributed by atoms with Gasteiger partial charge in [0.15, 0.2) is 0 Å². The minimum atomic E-state index is -0.656. The largest absolute Gasteiger partial charge is 0.389 e. The minimum absolute atomic E-state index is 0.158. The van der Waals surface area contributed by atoms with Gasteiger partial charge in [-0.1, -0.05) is 94.3 Å². The molecule has 2 aromatic rings. The van der Waals surface area contributed by atoms with Gasteiger partial charge in [-0.25, -0.2) is 0 Å². The lowest BCUT2D eigenvalue weighted by Crippen LogP contribution is -2.58. The molecule has 1 heterocycles. The molecular weight excluding hydrogens is 318 g/mol. The van der Waals surface area contributed by atoms with Crippen molar-refractivity contribution in [3.05, 3.63) is 71.8 Å². The average Bonchev–Trinajstić information content (AvgIpc) is 2.68. The lowest BCUT2D eigenvalue weighted by atomic mass is 9.62. The topological polar surface area (TPSA) is 32.3 Å². The quantitative estimate of drug-likeness (QED) is 0.704. The zero-order chi connectivity index (χ0) is 18.6. The van der Waals surface area contributed by atoms with Crippen molar-refractivity contribution >= 4 is 0 Å². The number of aliphatic hydroxyl groups is 1. The fraction of sp³-hybridized carbons (Fsp3) is 0.500. The van der Waals surface area contributed by atoms with Gasteiger partial charge >= 0.3 is 0 Å². The maximum atomic E-state index is 12.0. The van der Waals surface area contributed by atoms with E-state index in [0.29, 0.717) is 0 Å². The van der Waals surface area contributed by atoms with E-state index in [1.165, 1.54) is 11.1 Å². The first kappa shape index (κ1) is 19.1. The van der Waals surface area contributed by atoms with E-state index in [1.54, 1.807) is 0 Å². The van der Waals surface area contributed by atoms with Gasteiger partial charge < -0.3 is 10.4 Å². The molecule has 0 amide bonds. The van der Waals surface area contributed by atoms with Crippen LogP contribution in [0.2, 0.25) is 0 Å². The normalized spacial score (nSPS) is 31.7. The van der Waals surface area contributed by atoms with E-state index in [1.807, 2.05) is 0 Å². The van der Waals surface area contributed by atoms with Crippen LogP contribution in [0.4, 0.5) is 0 Å². The second-order valence-corrected chi connectivity index (χ2v) is 7.87. The van der Waals surface area contributed by atoms with E-state index in [-0.39, 0.29) is 23.9 Å². The predicted octanol–water partition coefficient (Wildman–Crippen LogP) is 5.66. The second kappa shape index (κ2) is 8.37. The molecule has 140 valence electrons. The van der Waals surface area contributed by atoms with Gasteiger partial charge in [-0.15, -0.1) is 0 Å². The highest BCUT2D eigenvalue weighted by Crippen LogP contribution is 2.50. The first-order chi connectivity index (χ1) is 12.6. The summed E-state index contributed by atoms with van der Waals surface area (Å²) in [6, 6.07) is 21.6. The minimum Gasteiger partial charge on any atom is -0.389 e. The van der Waals surface area contributed by atoms with Crippen LogP contribution in [0.15, 0.2) is 60.7 Å². The third-order valence-corrected chi connectivity index (χ3v) is 6.26. The van der Waals surface area contributed by atoms with Gasteiger partial charge in [-0.05, 0) is 24.0 Å². The van der Waals surface area contributed by atoms with E-state index in [4.69, 9.17) is 0 Å². The van der Waals surface area contributed by atoms with Crippen LogP contribution >= 0.6 is 0 Å². The molecule has 3 rings (SSSR count). The van der Waals surface area contributed by atoms with Crippen molar-refractivity contribution < 1.29 is 5.11 Å². The highest BCUT2D eigenvalue weighted by Gasteiger charge is 2.51. The summed E-state index contributed by atoms with van der Waals surface area (Å²) in [7, 11) is 0. The van der Waals surface area contributed by atoms with Gasteiger partial charge in [0.2, 0.25) is 0 Å². The van der Waals surface area contributed by atoms with E-state index in [9.17, 15) is 5.11 Å². The smallest absolute Gasteiger partial charge is 0.0737 e. The highest BCUT2D eigenvalue weighted by atomic mass is 16.3. The van der Waals surface area contributed by atoms with E-state index < -0.39 is 5.60 Å². The van der Waals surface area contributed by atoms with Gasteiger partial charge in [-0.2, -0.15) is 0 Å². The third-order valence-electron chi connectivity index (χ3n) is 6.26. The molecule has 1 fully saturated rings. The first-order valence-electron chi connectivity index (χ1n) is 10.2. The molecule has 26 heavy (non-hydrogen) atoms. The maximum Gasteiger partial charge on any atom is 0.0737 e. The Morgan fingerprint density at radius 3 is 1.88 bits per heavy atom. The summed E-state index contributed by atoms with van der Waals surface area (Å²) in [6.07, 6.45) is 3.98. The average molecular weight is 352 g/mol.